The maximum atomic E-state index is 12.7. The minimum atomic E-state index is -0.202. The summed E-state index contributed by atoms with van der Waals surface area (Å²) in [6.45, 7) is 8.41. The minimum absolute atomic E-state index is 0.0711. The molecule has 0 radical (unpaired) electrons. The molecule has 1 aliphatic rings. The Balaban J connectivity index is 1.47. The fraction of sp³-hybridized carbons (Fsp3) is 0.571. The number of pyridine rings is 1. The number of aromatic nitrogens is 1. The molecule has 1 aromatic carbocycles. The van der Waals surface area contributed by atoms with E-state index >= 15 is 0 Å². The van der Waals surface area contributed by atoms with Crippen LogP contribution >= 0.6 is 11.6 Å². The van der Waals surface area contributed by atoms with E-state index in [1.54, 1.807) is 6.92 Å². The molecule has 0 saturated carbocycles. The molecule has 180 valence electrons. The number of rotatable bonds is 13. The van der Waals surface area contributed by atoms with Gasteiger partial charge in [-0.05, 0) is 87.6 Å². The number of anilines is 1. The van der Waals surface area contributed by atoms with Crippen LogP contribution in [0.4, 0.5) is 5.82 Å². The molecule has 1 atom stereocenters. The minimum Gasteiger partial charge on any atom is -0.381 e. The Labute approximate surface area is 204 Å². The molecular formula is C28H39ClN2O2. The number of ether oxygens (including phenoxy) is 1. The third-order valence-corrected chi connectivity index (χ3v) is 7.53. The zero-order valence-electron chi connectivity index (χ0n) is 20.5. The molecule has 0 spiro atoms. The highest BCUT2D eigenvalue weighted by molar-refractivity contribution is 6.30. The molecule has 0 bridgehead atoms. The molecular weight excluding hydrogens is 432 g/mol. The number of halogens is 1. The first-order valence-corrected chi connectivity index (χ1v) is 12.9. The number of benzene rings is 1. The Morgan fingerprint density at radius 1 is 1.18 bits per heavy atom. The summed E-state index contributed by atoms with van der Waals surface area (Å²) in [5.41, 5.74) is 3.44. The topological polar surface area (TPSA) is 51.2 Å². The van der Waals surface area contributed by atoms with E-state index < -0.39 is 0 Å². The van der Waals surface area contributed by atoms with Crippen LogP contribution in [-0.4, -0.2) is 30.5 Å². The first kappa shape index (κ1) is 25.7. The van der Waals surface area contributed by atoms with Crippen LogP contribution in [0, 0.1) is 5.92 Å². The Morgan fingerprint density at radius 3 is 2.73 bits per heavy atom. The molecule has 0 fully saturated rings. The van der Waals surface area contributed by atoms with Crippen LogP contribution in [0.1, 0.15) is 76.1 Å². The number of nitrogens with zero attached hydrogens (tertiary/aromatic N) is 1. The predicted octanol–water partition coefficient (Wildman–Crippen LogP) is 6.79. The summed E-state index contributed by atoms with van der Waals surface area (Å²) in [5, 5.41) is 4.13. The van der Waals surface area contributed by atoms with Gasteiger partial charge in [-0.1, -0.05) is 43.6 Å². The molecule has 1 aromatic heterocycles. The number of carbonyl (C=O) groups excluding carboxylic acids is 1. The Kier molecular flexibility index (Phi) is 9.76. The molecule has 2 heterocycles. The molecule has 5 heteroatoms. The van der Waals surface area contributed by atoms with Gasteiger partial charge in [0, 0.05) is 41.8 Å². The molecule has 1 aliphatic heterocycles. The van der Waals surface area contributed by atoms with E-state index in [9.17, 15) is 4.79 Å². The van der Waals surface area contributed by atoms with Gasteiger partial charge in [0.25, 0.3) is 0 Å². The summed E-state index contributed by atoms with van der Waals surface area (Å²) in [6, 6.07) is 12.4. The van der Waals surface area contributed by atoms with Gasteiger partial charge in [0.2, 0.25) is 0 Å². The largest absolute Gasteiger partial charge is 0.381 e. The highest BCUT2D eigenvalue weighted by Gasteiger charge is 2.39. The molecule has 1 N–H and O–H groups in total. The van der Waals surface area contributed by atoms with E-state index in [0.717, 1.165) is 80.2 Å². The SMILES string of the molecule is CCC(CC)(c1cccc(Cl)c1)C(CCOCCCCc1ccc2c(n1)NCCC2)C(C)=O. The van der Waals surface area contributed by atoms with Crippen LogP contribution in [-0.2, 0) is 27.8 Å². The first-order valence-electron chi connectivity index (χ1n) is 12.6. The second-order valence-electron chi connectivity index (χ2n) is 9.24. The van der Waals surface area contributed by atoms with Crippen molar-refractivity contribution in [2.24, 2.45) is 5.92 Å². The van der Waals surface area contributed by atoms with Crippen molar-refractivity contribution in [3.05, 3.63) is 58.2 Å². The second-order valence-corrected chi connectivity index (χ2v) is 9.67. The number of hydrogen-bond acceptors (Lipinski definition) is 4. The zero-order valence-corrected chi connectivity index (χ0v) is 21.2. The van der Waals surface area contributed by atoms with Crippen LogP contribution in [0.25, 0.3) is 0 Å². The fourth-order valence-corrected chi connectivity index (χ4v) is 5.53. The van der Waals surface area contributed by atoms with Gasteiger partial charge < -0.3 is 10.1 Å². The number of aryl methyl sites for hydroxylation is 2. The molecule has 4 nitrogen and oxygen atoms in total. The van der Waals surface area contributed by atoms with Gasteiger partial charge in [0.05, 0.1) is 0 Å². The molecule has 0 aliphatic carbocycles. The summed E-state index contributed by atoms with van der Waals surface area (Å²) in [7, 11) is 0. The Morgan fingerprint density at radius 2 is 2.00 bits per heavy atom. The predicted molar refractivity (Wildman–Crippen MR) is 137 cm³/mol. The van der Waals surface area contributed by atoms with E-state index in [4.69, 9.17) is 21.3 Å². The van der Waals surface area contributed by atoms with E-state index in [0.29, 0.717) is 6.61 Å². The van der Waals surface area contributed by atoms with Crippen molar-refractivity contribution < 1.29 is 9.53 Å². The normalized spacial score (nSPS) is 14.4. The number of nitrogens with one attached hydrogen (secondary N) is 1. The van der Waals surface area contributed by atoms with Crippen molar-refractivity contribution in [1.29, 1.82) is 0 Å². The van der Waals surface area contributed by atoms with Crippen molar-refractivity contribution in [3.8, 4) is 0 Å². The average Bonchev–Trinajstić information content (AvgIpc) is 2.83. The van der Waals surface area contributed by atoms with Crippen LogP contribution in [0.2, 0.25) is 5.02 Å². The van der Waals surface area contributed by atoms with Crippen molar-refractivity contribution >= 4 is 23.2 Å². The Hall–Kier alpha value is -1.91. The lowest BCUT2D eigenvalue weighted by Gasteiger charge is -2.39. The third-order valence-electron chi connectivity index (χ3n) is 7.29. The maximum Gasteiger partial charge on any atom is 0.133 e. The average molecular weight is 471 g/mol. The Bertz CT molecular complexity index is 911. The molecule has 33 heavy (non-hydrogen) atoms. The standard InChI is InChI=1S/C28H39ClN2O2/c1-4-28(5-2,23-11-8-12-24(29)20-23)26(21(3)32)16-19-33-18-7-6-13-25-15-14-22-10-9-17-30-27(22)31-25/h8,11-12,14-15,20,26H,4-7,9-10,13,16-19H2,1-3H3,(H,30,31). The number of carbonyl (C=O) groups is 1. The van der Waals surface area contributed by atoms with Gasteiger partial charge in [-0.15, -0.1) is 0 Å². The number of unbranched alkanes of at least 4 members (excludes halogenated alkanes) is 1. The smallest absolute Gasteiger partial charge is 0.133 e. The summed E-state index contributed by atoms with van der Waals surface area (Å²) in [5.74, 6) is 1.23. The lowest BCUT2D eigenvalue weighted by atomic mass is 9.64. The first-order chi connectivity index (χ1) is 16.0. The quantitative estimate of drug-likeness (QED) is 0.327. The maximum absolute atomic E-state index is 12.7. The van der Waals surface area contributed by atoms with E-state index in [2.05, 4.69) is 37.4 Å². The van der Waals surface area contributed by atoms with E-state index in [1.807, 2.05) is 18.2 Å². The summed E-state index contributed by atoms with van der Waals surface area (Å²) in [6.07, 6.45) is 7.87. The van der Waals surface area contributed by atoms with Gasteiger partial charge in [-0.25, -0.2) is 4.98 Å². The van der Waals surface area contributed by atoms with Crippen molar-refractivity contribution in [1.82, 2.24) is 4.98 Å². The summed E-state index contributed by atoms with van der Waals surface area (Å²) < 4.78 is 5.98. The van der Waals surface area contributed by atoms with Gasteiger partial charge in [-0.3, -0.25) is 4.79 Å². The van der Waals surface area contributed by atoms with Crippen molar-refractivity contribution in [2.45, 2.75) is 77.6 Å². The molecule has 3 rings (SSSR count). The molecule has 0 saturated heterocycles. The summed E-state index contributed by atoms with van der Waals surface area (Å²) >= 11 is 6.29. The van der Waals surface area contributed by atoms with Crippen molar-refractivity contribution in [2.75, 3.05) is 25.1 Å². The van der Waals surface area contributed by atoms with Gasteiger partial charge in [-0.2, -0.15) is 0 Å². The van der Waals surface area contributed by atoms with Crippen molar-refractivity contribution in [3.63, 3.8) is 0 Å². The van der Waals surface area contributed by atoms with Gasteiger partial charge >= 0.3 is 0 Å². The molecule has 1 unspecified atom stereocenters. The zero-order chi connectivity index (χ0) is 23.7. The fourth-order valence-electron chi connectivity index (χ4n) is 5.34. The van der Waals surface area contributed by atoms with Crippen LogP contribution < -0.4 is 5.32 Å². The van der Waals surface area contributed by atoms with Crippen LogP contribution in [0.5, 0.6) is 0 Å². The monoisotopic (exact) mass is 470 g/mol. The van der Waals surface area contributed by atoms with Gasteiger partial charge in [0.1, 0.15) is 11.6 Å². The molecule has 2 aromatic rings. The lowest BCUT2D eigenvalue weighted by molar-refractivity contribution is -0.124. The van der Waals surface area contributed by atoms with Crippen LogP contribution in [0.15, 0.2) is 36.4 Å². The number of fused-ring (bicyclic) bond motifs is 1. The van der Waals surface area contributed by atoms with Crippen LogP contribution in [0.3, 0.4) is 0 Å². The van der Waals surface area contributed by atoms with E-state index in [-0.39, 0.29) is 17.1 Å². The van der Waals surface area contributed by atoms with Gasteiger partial charge in [0.15, 0.2) is 0 Å². The van der Waals surface area contributed by atoms with E-state index in [1.165, 1.54) is 12.0 Å². The second kappa shape index (κ2) is 12.5. The highest BCUT2D eigenvalue weighted by atomic mass is 35.5. The molecule has 0 amide bonds. The summed E-state index contributed by atoms with van der Waals surface area (Å²) in [4.78, 5) is 17.5. The lowest BCUT2D eigenvalue weighted by Crippen LogP contribution is -2.39. The number of hydrogen-bond donors (Lipinski definition) is 1. The third kappa shape index (κ3) is 6.58. The highest BCUT2D eigenvalue weighted by Crippen LogP contribution is 2.42. The number of ketones is 1. The number of Topliss-reactive ketones (excluding diaryl/α,β-unsaturated/α-hetero) is 1.